The maximum atomic E-state index is 12.5. The Balaban J connectivity index is 1.88. The molecule has 4 rings (SSSR count). The molecule has 1 fully saturated rings. The molecule has 8 heteroatoms. The number of nitrogens with zero attached hydrogens (tertiary/aromatic N) is 1. The van der Waals surface area contributed by atoms with Gasteiger partial charge in [-0.1, -0.05) is 0 Å². The zero-order chi connectivity index (χ0) is 15.6. The van der Waals surface area contributed by atoms with Crippen LogP contribution < -0.4 is 11.1 Å². The van der Waals surface area contributed by atoms with E-state index in [0.717, 1.165) is 5.69 Å². The number of methoxy groups -OCH3 is 1. The number of ether oxygens (including phenoxy) is 2. The molecule has 0 spiro atoms. The Morgan fingerprint density at radius 1 is 1.50 bits per heavy atom. The first kappa shape index (κ1) is 13.1. The molecule has 0 bridgehead atoms. The minimum Gasteiger partial charge on any atom is -0.492 e. The number of carbonyl (C=O) groups is 3. The van der Waals surface area contributed by atoms with E-state index in [1.165, 1.54) is 13.2 Å². The molecule has 2 atom stereocenters. The number of allylic oxidation sites excluding steroid dienone is 2. The zero-order valence-electron chi connectivity index (χ0n) is 11.7. The van der Waals surface area contributed by atoms with Crippen LogP contribution in [0.1, 0.15) is 38.1 Å². The van der Waals surface area contributed by atoms with Gasteiger partial charge < -0.3 is 25.1 Å². The number of primary amides is 1. The Bertz CT molecular complexity index is 776. The zero-order valence-corrected chi connectivity index (χ0v) is 11.7. The first-order chi connectivity index (χ1) is 10.5. The Hall–Kier alpha value is -2.61. The number of hydrogen-bond donors (Lipinski definition) is 2. The van der Waals surface area contributed by atoms with Gasteiger partial charge in [-0.05, 0) is 0 Å². The lowest BCUT2D eigenvalue weighted by atomic mass is 9.95. The summed E-state index contributed by atoms with van der Waals surface area (Å²) in [5.74, 6) is -0.666. The van der Waals surface area contributed by atoms with E-state index in [1.54, 1.807) is 0 Å². The Morgan fingerprint density at radius 2 is 2.27 bits per heavy atom. The highest BCUT2D eigenvalue weighted by atomic mass is 16.5. The van der Waals surface area contributed by atoms with Crippen LogP contribution in [0.25, 0.3) is 0 Å². The van der Waals surface area contributed by atoms with Gasteiger partial charge in [-0.15, -0.1) is 0 Å². The van der Waals surface area contributed by atoms with Crippen LogP contribution in [0, 0.1) is 0 Å². The van der Waals surface area contributed by atoms with Crippen molar-refractivity contribution in [2.75, 3.05) is 7.11 Å². The summed E-state index contributed by atoms with van der Waals surface area (Å²) in [4.78, 5) is 35.8. The normalized spacial score (nSPS) is 24.3. The quantitative estimate of drug-likeness (QED) is 0.759. The fourth-order valence-electron chi connectivity index (χ4n) is 3.35. The summed E-state index contributed by atoms with van der Waals surface area (Å²) in [5, 5.41) is 3.25. The van der Waals surface area contributed by atoms with E-state index in [2.05, 4.69) is 5.32 Å². The lowest BCUT2D eigenvalue weighted by molar-refractivity contribution is 0.0910. The van der Waals surface area contributed by atoms with Crippen molar-refractivity contribution in [2.24, 2.45) is 5.73 Å². The van der Waals surface area contributed by atoms with Gasteiger partial charge >= 0.3 is 6.09 Å². The molecule has 0 saturated carbocycles. The van der Waals surface area contributed by atoms with E-state index in [4.69, 9.17) is 15.2 Å². The van der Waals surface area contributed by atoms with E-state index in [1.807, 2.05) is 4.57 Å². The largest absolute Gasteiger partial charge is 0.492 e. The van der Waals surface area contributed by atoms with E-state index in [0.29, 0.717) is 17.8 Å². The van der Waals surface area contributed by atoms with Crippen molar-refractivity contribution in [3.05, 3.63) is 34.3 Å². The second kappa shape index (κ2) is 4.20. The molecule has 114 valence electrons. The number of ketones is 2. The van der Waals surface area contributed by atoms with E-state index < -0.39 is 6.09 Å². The molecule has 1 saturated heterocycles. The molecule has 0 radical (unpaired) electrons. The molecule has 1 amide bonds. The Kier molecular flexibility index (Phi) is 2.50. The summed E-state index contributed by atoms with van der Waals surface area (Å²) in [7, 11) is 1.34. The minimum absolute atomic E-state index is 0.0117. The fraction of sp³-hybridized carbons (Fsp3) is 0.357. The molecule has 1 aromatic rings. The second-order valence-electron chi connectivity index (χ2n) is 5.46. The van der Waals surface area contributed by atoms with Crippen molar-refractivity contribution < 1.29 is 23.9 Å². The average Bonchev–Trinajstić information content (AvgIpc) is 3.01. The smallest absolute Gasteiger partial charge is 0.404 e. The topological polar surface area (TPSA) is 123 Å². The molecular weight excluding hydrogens is 290 g/mol. The molecular formula is C14H13N3O5. The van der Waals surface area contributed by atoms with Crippen LogP contribution in [0.15, 0.2) is 11.8 Å². The fourth-order valence-corrected chi connectivity index (χ4v) is 3.35. The first-order valence-corrected chi connectivity index (χ1v) is 6.81. The lowest BCUT2D eigenvalue weighted by Gasteiger charge is -2.14. The standard InChI is InChI=1S/C14H13N3O5/c1-21-8-2-7(18)12-9(13(8)19)5(4-22-14(15)20)11-10-6(16-10)3-17(11)12/h2,6,10,16H,3-4H2,1H3,(H2,15,20)/t6-,10-/m0/s1. The third-order valence-electron chi connectivity index (χ3n) is 4.29. The number of nitrogens with two attached hydrogens (primary N) is 1. The number of nitrogens with one attached hydrogen (secondary N) is 1. The van der Waals surface area contributed by atoms with Gasteiger partial charge in [0.1, 0.15) is 12.3 Å². The van der Waals surface area contributed by atoms with Crippen LogP contribution in [-0.4, -0.2) is 35.4 Å². The summed E-state index contributed by atoms with van der Waals surface area (Å²) in [6.07, 6.45) is 0.276. The van der Waals surface area contributed by atoms with Crippen molar-refractivity contribution in [1.82, 2.24) is 9.88 Å². The summed E-state index contributed by atoms with van der Waals surface area (Å²) >= 11 is 0. The van der Waals surface area contributed by atoms with E-state index in [9.17, 15) is 14.4 Å². The first-order valence-electron chi connectivity index (χ1n) is 6.81. The number of rotatable bonds is 3. The van der Waals surface area contributed by atoms with Crippen molar-refractivity contribution in [3.63, 3.8) is 0 Å². The maximum Gasteiger partial charge on any atom is 0.404 e. The number of Topliss-reactive ketones (excluding diaryl/α,β-unsaturated/α-hetero) is 1. The van der Waals surface area contributed by atoms with Crippen LogP contribution in [0.4, 0.5) is 4.79 Å². The highest BCUT2D eigenvalue weighted by Gasteiger charge is 2.51. The molecule has 8 nitrogen and oxygen atoms in total. The number of fused-ring (bicyclic) bond motifs is 5. The molecule has 22 heavy (non-hydrogen) atoms. The molecule has 3 aliphatic rings. The molecule has 0 aromatic carbocycles. The lowest BCUT2D eigenvalue weighted by Crippen LogP contribution is -2.22. The van der Waals surface area contributed by atoms with Crippen molar-refractivity contribution in [3.8, 4) is 0 Å². The number of amides is 1. The monoisotopic (exact) mass is 303 g/mol. The van der Waals surface area contributed by atoms with Gasteiger partial charge in [0, 0.05) is 29.9 Å². The van der Waals surface area contributed by atoms with Crippen LogP contribution in [-0.2, 0) is 22.6 Å². The van der Waals surface area contributed by atoms with E-state index in [-0.39, 0.29) is 41.6 Å². The Labute approximate surface area is 124 Å². The summed E-state index contributed by atoms with van der Waals surface area (Å²) in [6.45, 7) is 0.481. The predicted octanol–water partition coefficient (Wildman–Crippen LogP) is 0.0192. The van der Waals surface area contributed by atoms with Crippen LogP contribution in [0.3, 0.4) is 0 Å². The summed E-state index contributed by atoms with van der Waals surface area (Å²) in [6, 6.07) is 0.354. The van der Waals surface area contributed by atoms with Crippen LogP contribution >= 0.6 is 0 Å². The van der Waals surface area contributed by atoms with Crippen molar-refractivity contribution in [1.29, 1.82) is 0 Å². The molecule has 1 aromatic heterocycles. The molecule has 3 N–H and O–H groups in total. The van der Waals surface area contributed by atoms with Gasteiger partial charge in [0.15, 0.2) is 5.76 Å². The maximum absolute atomic E-state index is 12.5. The van der Waals surface area contributed by atoms with Gasteiger partial charge in [-0.3, -0.25) is 9.59 Å². The third-order valence-corrected chi connectivity index (χ3v) is 4.29. The highest BCUT2D eigenvalue weighted by molar-refractivity contribution is 6.24. The third kappa shape index (κ3) is 1.58. The molecule has 0 unspecified atom stereocenters. The van der Waals surface area contributed by atoms with Crippen LogP contribution in [0.2, 0.25) is 0 Å². The van der Waals surface area contributed by atoms with Gasteiger partial charge in [-0.25, -0.2) is 4.79 Å². The summed E-state index contributed by atoms with van der Waals surface area (Å²) in [5.41, 5.74) is 6.98. The predicted molar refractivity (Wildman–Crippen MR) is 72.2 cm³/mol. The highest BCUT2D eigenvalue weighted by Crippen LogP contribution is 2.45. The van der Waals surface area contributed by atoms with Gasteiger partial charge in [0.05, 0.1) is 18.7 Å². The number of aromatic nitrogens is 1. The molecule has 1 aliphatic carbocycles. The SMILES string of the molecule is COC1=CC(=O)c2c(c(COC(N)=O)c3n2C[C@@H]2N[C@H]32)C1=O. The Morgan fingerprint density at radius 3 is 2.95 bits per heavy atom. The van der Waals surface area contributed by atoms with Crippen molar-refractivity contribution in [2.45, 2.75) is 25.2 Å². The molecule has 3 heterocycles. The van der Waals surface area contributed by atoms with Crippen molar-refractivity contribution >= 4 is 17.7 Å². The van der Waals surface area contributed by atoms with Gasteiger partial charge in [0.2, 0.25) is 11.6 Å². The minimum atomic E-state index is -0.927. The molecule has 2 aliphatic heterocycles. The number of hydrogen-bond acceptors (Lipinski definition) is 6. The second-order valence-corrected chi connectivity index (χ2v) is 5.46. The average molecular weight is 303 g/mol. The number of carbonyl (C=O) groups excluding carboxylic acids is 3. The van der Waals surface area contributed by atoms with Gasteiger partial charge in [0.25, 0.3) is 0 Å². The summed E-state index contributed by atoms with van der Waals surface area (Å²) < 4.78 is 11.7. The van der Waals surface area contributed by atoms with Gasteiger partial charge in [-0.2, -0.15) is 0 Å². The van der Waals surface area contributed by atoms with Crippen LogP contribution in [0.5, 0.6) is 0 Å². The van der Waals surface area contributed by atoms with E-state index >= 15 is 0 Å².